The summed E-state index contributed by atoms with van der Waals surface area (Å²) in [6.07, 6.45) is -3.80. The van der Waals surface area contributed by atoms with Gasteiger partial charge in [-0.3, -0.25) is 28.7 Å². The normalized spacial score (nSPS) is 23.9. The van der Waals surface area contributed by atoms with E-state index in [0.29, 0.717) is 0 Å². The molecule has 0 saturated carbocycles. The predicted molar refractivity (Wildman–Crippen MR) is 88.9 cm³/mol. The number of aromatic amines is 1. The average Bonchev–Trinajstić information content (AvgIpc) is 2.89. The van der Waals surface area contributed by atoms with Gasteiger partial charge in [0.15, 0.2) is 18.4 Å². The van der Waals surface area contributed by atoms with Crippen LogP contribution in [0, 0.1) is 0 Å². The number of hydrogen-bond acceptors (Lipinski definition) is 10. The highest BCUT2D eigenvalue weighted by Crippen LogP contribution is 2.33. The van der Waals surface area contributed by atoms with Gasteiger partial charge in [0.25, 0.3) is 5.56 Å². The number of hydrogen-bond donors (Lipinski definition) is 2. The Bertz CT molecular complexity index is 873. The zero-order valence-corrected chi connectivity index (χ0v) is 15.4. The largest absolute Gasteiger partial charge is 0.463 e. The van der Waals surface area contributed by atoms with Crippen molar-refractivity contribution in [2.75, 3.05) is 6.61 Å². The highest BCUT2D eigenvalue weighted by Gasteiger charge is 2.51. The van der Waals surface area contributed by atoms with Crippen LogP contribution in [0.4, 0.5) is 0 Å². The molecule has 0 bridgehead atoms. The van der Waals surface area contributed by atoms with Crippen LogP contribution >= 0.6 is 0 Å². The van der Waals surface area contributed by atoms with Gasteiger partial charge in [0.2, 0.25) is 0 Å². The van der Waals surface area contributed by atoms with E-state index in [0.717, 1.165) is 31.5 Å². The molecule has 0 aliphatic carbocycles. The van der Waals surface area contributed by atoms with Crippen LogP contribution in [-0.4, -0.2) is 57.5 Å². The van der Waals surface area contributed by atoms with Gasteiger partial charge in [-0.05, 0) is 0 Å². The van der Waals surface area contributed by atoms with Gasteiger partial charge in [0.05, 0.1) is 12.2 Å². The Morgan fingerprint density at radius 1 is 1.11 bits per heavy atom. The number of ether oxygens (including phenoxy) is 4. The molecule has 1 fully saturated rings. The molecule has 1 aliphatic heterocycles. The summed E-state index contributed by atoms with van der Waals surface area (Å²) in [5.74, 6) is -2.09. The fourth-order valence-electron chi connectivity index (χ4n) is 2.75. The van der Waals surface area contributed by atoms with Gasteiger partial charge in [0, 0.05) is 27.0 Å². The molecule has 1 aromatic rings. The summed E-state index contributed by atoms with van der Waals surface area (Å²) in [7, 11) is 0. The second kappa shape index (κ2) is 8.80. The van der Waals surface area contributed by atoms with Crippen molar-refractivity contribution in [3.05, 3.63) is 32.6 Å². The van der Waals surface area contributed by atoms with E-state index in [1.807, 2.05) is 4.98 Å². The molecule has 2 rings (SSSR count). The van der Waals surface area contributed by atoms with Crippen LogP contribution in [0.25, 0.3) is 0 Å². The Labute approximate surface area is 158 Å². The zero-order chi connectivity index (χ0) is 21.0. The lowest BCUT2D eigenvalue weighted by atomic mass is 10.1. The molecule has 12 nitrogen and oxygen atoms in total. The van der Waals surface area contributed by atoms with E-state index in [-0.39, 0.29) is 12.2 Å². The van der Waals surface area contributed by atoms with E-state index in [4.69, 9.17) is 18.9 Å². The Morgan fingerprint density at radius 2 is 1.71 bits per heavy atom. The van der Waals surface area contributed by atoms with Crippen LogP contribution in [0.1, 0.15) is 32.6 Å². The molecule has 0 spiro atoms. The molecule has 1 saturated heterocycles. The zero-order valence-electron chi connectivity index (χ0n) is 15.4. The first-order valence-corrected chi connectivity index (χ1v) is 8.22. The monoisotopic (exact) mass is 400 g/mol. The second-order valence-corrected chi connectivity index (χ2v) is 5.99. The molecule has 0 amide bonds. The molecular formula is C16H20N2O10. The highest BCUT2D eigenvalue weighted by atomic mass is 16.7. The lowest BCUT2D eigenvalue weighted by Gasteiger charge is -2.24. The molecule has 0 aromatic carbocycles. The predicted octanol–water partition coefficient (Wildman–Crippen LogP) is -1.65. The number of aromatic nitrogens is 2. The fourth-order valence-corrected chi connectivity index (χ4v) is 2.75. The number of rotatable bonds is 6. The molecule has 12 heteroatoms. The quantitative estimate of drug-likeness (QED) is 0.418. The van der Waals surface area contributed by atoms with Crippen molar-refractivity contribution in [3.63, 3.8) is 0 Å². The number of nitrogens with one attached hydrogen (secondary N) is 1. The summed E-state index contributed by atoms with van der Waals surface area (Å²) in [6.45, 7) is 2.39. The molecule has 0 radical (unpaired) electrons. The van der Waals surface area contributed by atoms with E-state index in [9.17, 15) is 29.1 Å². The molecular weight excluding hydrogens is 380 g/mol. The molecule has 4 atom stereocenters. The number of aliphatic hydroxyl groups excluding tert-OH is 1. The molecule has 1 aromatic heterocycles. The van der Waals surface area contributed by atoms with Crippen LogP contribution in [0.3, 0.4) is 0 Å². The Kier molecular flexibility index (Phi) is 6.70. The third-order valence-corrected chi connectivity index (χ3v) is 3.83. The third kappa shape index (κ3) is 4.84. The first-order chi connectivity index (χ1) is 13.1. The van der Waals surface area contributed by atoms with Crippen molar-refractivity contribution >= 4 is 17.9 Å². The first-order valence-electron chi connectivity index (χ1n) is 8.22. The van der Waals surface area contributed by atoms with Gasteiger partial charge in [0.1, 0.15) is 12.7 Å². The van der Waals surface area contributed by atoms with Crippen molar-refractivity contribution in [3.8, 4) is 0 Å². The minimum absolute atomic E-state index is 0.141. The number of carbonyl (C=O) groups excluding carboxylic acids is 3. The van der Waals surface area contributed by atoms with Crippen molar-refractivity contribution in [2.24, 2.45) is 0 Å². The fraction of sp³-hybridized carbons (Fsp3) is 0.562. The van der Waals surface area contributed by atoms with E-state index < -0.39 is 60.3 Å². The summed E-state index contributed by atoms with van der Waals surface area (Å²) in [5.41, 5.74) is -1.84. The summed E-state index contributed by atoms with van der Waals surface area (Å²) >= 11 is 0. The molecule has 2 unspecified atom stereocenters. The maximum absolute atomic E-state index is 12.2. The van der Waals surface area contributed by atoms with Gasteiger partial charge in [-0.25, -0.2) is 4.79 Å². The molecule has 154 valence electrons. The maximum Gasteiger partial charge on any atom is 0.330 e. The minimum Gasteiger partial charge on any atom is -0.463 e. The van der Waals surface area contributed by atoms with Crippen molar-refractivity contribution in [2.45, 2.75) is 51.9 Å². The van der Waals surface area contributed by atoms with E-state index >= 15 is 0 Å². The summed E-state index contributed by atoms with van der Waals surface area (Å²) in [6, 6.07) is 0. The molecule has 1 aliphatic rings. The number of nitrogens with zero attached hydrogens (tertiary/aromatic N) is 1. The van der Waals surface area contributed by atoms with E-state index in [2.05, 4.69) is 0 Å². The Hall–Kier alpha value is -2.99. The number of esters is 3. The van der Waals surface area contributed by atoms with Crippen LogP contribution in [-0.2, 0) is 39.9 Å². The van der Waals surface area contributed by atoms with Crippen molar-refractivity contribution < 1.29 is 38.4 Å². The summed E-state index contributed by atoms with van der Waals surface area (Å²) in [4.78, 5) is 60.1. The second-order valence-electron chi connectivity index (χ2n) is 5.99. The first kappa shape index (κ1) is 21.3. The molecule has 2 N–H and O–H groups in total. The number of H-pyrrole nitrogens is 1. The lowest BCUT2D eigenvalue weighted by Crippen LogP contribution is -2.42. The van der Waals surface area contributed by atoms with Crippen molar-refractivity contribution in [1.29, 1.82) is 0 Å². The molecule has 28 heavy (non-hydrogen) atoms. The number of aliphatic hydroxyl groups is 1. The Balaban J connectivity index is 2.49. The maximum atomic E-state index is 12.2. The van der Waals surface area contributed by atoms with Crippen LogP contribution < -0.4 is 11.2 Å². The van der Waals surface area contributed by atoms with E-state index in [1.54, 1.807) is 0 Å². The van der Waals surface area contributed by atoms with E-state index in [1.165, 1.54) is 0 Å². The average molecular weight is 400 g/mol. The summed E-state index contributed by atoms with van der Waals surface area (Å²) < 4.78 is 21.8. The molecule has 2 heterocycles. The van der Waals surface area contributed by atoms with Crippen LogP contribution in [0.2, 0.25) is 0 Å². The third-order valence-electron chi connectivity index (χ3n) is 3.83. The smallest absolute Gasteiger partial charge is 0.330 e. The van der Waals surface area contributed by atoms with Crippen LogP contribution in [0.15, 0.2) is 15.8 Å². The van der Waals surface area contributed by atoms with Gasteiger partial charge in [-0.15, -0.1) is 0 Å². The van der Waals surface area contributed by atoms with Crippen LogP contribution in [0.5, 0.6) is 0 Å². The number of carbonyl (C=O) groups is 3. The topological polar surface area (TPSA) is 163 Å². The Morgan fingerprint density at radius 3 is 2.25 bits per heavy atom. The van der Waals surface area contributed by atoms with Gasteiger partial charge in [-0.2, -0.15) is 0 Å². The lowest BCUT2D eigenvalue weighted by molar-refractivity contribution is -0.166. The van der Waals surface area contributed by atoms with Gasteiger partial charge in [-0.1, -0.05) is 0 Å². The van der Waals surface area contributed by atoms with Gasteiger partial charge >= 0.3 is 23.6 Å². The highest BCUT2D eigenvalue weighted by molar-refractivity contribution is 5.68. The van der Waals surface area contributed by atoms with Crippen molar-refractivity contribution in [1.82, 2.24) is 9.55 Å². The van der Waals surface area contributed by atoms with Gasteiger partial charge < -0.3 is 24.1 Å². The SMILES string of the molecule is CC(=O)OC[C@H]1O[C@@H](n2cc(CO)c(=O)[nH]c2=O)C(OC(C)=O)C1OC(C)=O. The summed E-state index contributed by atoms with van der Waals surface area (Å²) in [5, 5.41) is 9.27. The minimum atomic E-state index is -1.32. The standard InChI is InChI=1S/C16H20N2O10/c1-7(20)25-6-11-12(26-8(2)21)13(27-9(3)22)15(28-11)18-4-10(5-19)14(23)17-16(18)24/h4,11-13,15,19H,5-6H2,1-3H3,(H,17,23,24)/t11-,12?,13?,15-/m1/s1.